The van der Waals surface area contributed by atoms with Crippen LogP contribution in [0.15, 0.2) is 35.9 Å². The first-order chi connectivity index (χ1) is 9.02. The van der Waals surface area contributed by atoms with Crippen LogP contribution in [0.1, 0.15) is 25.8 Å². The summed E-state index contributed by atoms with van der Waals surface area (Å²) in [5.74, 6) is -1.10. The highest BCUT2D eigenvalue weighted by Crippen LogP contribution is 2.06. The maximum atomic E-state index is 12.8. The molecule has 0 aromatic heterocycles. The zero-order valence-electron chi connectivity index (χ0n) is 11.3. The molecular weight excluding hydrogens is 245 g/mol. The fourth-order valence-corrected chi connectivity index (χ4v) is 1.81. The van der Waals surface area contributed by atoms with Crippen LogP contribution in [0, 0.1) is 5.82 Å². The first-order valence-corrected chi connectivity index (χ1v) is 6.43. The van der Waals surface area contributed by atoms with Crippen LogP contribution in [0.3, 0.4) is 0 Å². The van der Waals surface area contributed by atoms with Crippen LogP contribution in [0.4, 0.5) is 4.39 Å². The van der Waals surface area contributed by atoms with Gasteiger partial charge in [0, 0.05) is 18.2 Å². The number of carbonyl (C=O) groups is 1. The van der Waals surface area contributed by atoms with Gasteiger partial charge in [-0.2, -0.15) is 0 Å². The van der Waals surface area contributed by atoms with Crippen LogP contribution in [0.2, 0.25) is 0 Å². The van der Waals surface area contributed by atoms with Gasteiger partial charge in [0.25, 0.3) is 0 Å². The van der Waals surface area contributed by atoms with Gasteiger partial charge in [0.2, 0.25) is 0 Å². The summed E-state index contributed by atoms with van der Waals surface area (Å²) < 4.78 is 12.8. The molecule has 2 N–H and O–H groups in total. The van der Waals surface area contributed by atoms with Gasteiger partial charge in [-0.05, 0) is 37.5 Å². The van der Waals surface area contributed by atoms with Crippen LogP contribution in [0.5, 0.6) is 0 Å². The monoisotopic (exact) mass is 265 g/mol. The van der Waals surface area contributed by atoms with Gasteiger partial charge < -0.3 is 10.4 Å². The minimum Gasteiger partial charge on any atom is -0.478 e. The largest absolute Gasteiger partial charge is 0.478 e. The predicted molar refractivity (Wildman–Crippen MR) is 73.6 cm³/mol. The number of carboxylic acid groups (broad SMARTS) is 1. The number of hydrogen-bond donors (Lipinski definition) is 2. The number of rotatable bonds is 7. The molecule has 0 heterocycles. The van der Waals surface area contributed by atoms with Crippen molar-refractivity contribution < 1.29 is 14.3 Å². The van der Waals surface area contributed by atoms with E-state index in [2.05, 4.69) is 5.32 Å². The Morgan fingerprint density at radius 1 is 1.42 bits per heavy atom. The highest BCUT2D eigenvalue weighted by atomic mass is 19.1. The van der Waals surface area contributed by atoms with Crippen molar-refractivity contribution in [1.29, 1.82) is 0 Å². The number of aliphatic carboxylic acids is 1. The Bertz CT molecular complexity index is 440. The van der Waals surface area contributed by atoms with E-state index in [0.29, 0.717) is 18.5 Å². The first-order valence-electron chi connectivity index (χ1n) is 6.43. The molecule has 104 valence electrons. The lowest BCUT2D eigenvalue weighted by atomic mass is 10.1. The molecule has 0 saturated carbocycles. The van der Waals surface area contributed by atoms with Crippen LogP contribution < -0.4 is 5.32 Å². The van der Waals surface area contributed by atoms with E-state index >= 15 is 0 Å². The molecule has 4 heteroatoms. The standard InChI is InChI=1S/C15H20FNO2/c1-3-13(15(18)19)8-9-17-11(2)10-12-4-6-14(16)7-5-12/h4-8,11,17H,3,9-10H2,1-2H3,(H,18,19)/b13-8-. The van der Waals surface area contributed by atoms with E-state index in [1.54, 1.807) is 18.2 Å². The topological polar surface area (TPSA) is 49.3 Å². The quantitative estimate of drug-likeness (QED) is 0.745. The lowest BCUT2D eigenvalue weighted by Crippen LogP contribution is -2.28. The molecule has 0 aliphatic heterocycles. The number of carboxylic acids is 1. The summed E-state index contributed by atoms with van der Waals surface area (Å²) in [5, 5.41) is 12.1. The molecule has 3 nitrogen and oxygen atoms in total. The van der Waals surface area contributed by atoms with Gasteiger partial charge in [-0.25, -0.2) is 9.18 Å². The van der Waals surface area contributed by atoms with Crippen molar-refractivity contribution in [2.45, 2.75) is 32.7 Å². The molecule has 0 amide bonds. The maximum absolute atomic E-state index is 12.8. The van der Waals surface area contributed by atoms with Crippen LogP contribution in [-0.4, -0.2) is 23.7 Å². The van der Waals surface area contributed by atoms with Gasteiger partial charge >= 0.3 is 5.97 Å². The minimum atomic E-state index is -0.865. The van der Waals surface area contributed by atoms with Crippen molar-refractivity contribution >= 4 is 5.97 Å². The zero-order valence-corrected chi connectivity index (χ0v) is 11.3. The molecular formula is C15H20FNO2. The fourth-order valence-electron chi connectivity index (χ4n) is 1.81. The van der Waals surface area contributed by atoms with Crippen LogP contribution >= 0.6 is 0 Å². The number of nitrogens with one attached hydrogen (secondary N) is 1. The molecule has 0 saturated heterocycles. The van der Waals surface area contributed by atoms with Gasteiger partial charge in [0.05, 0.1) is 0 Å². The third kappa shape index (κ3) is 5.66. The Morgan fingerprint density at radius 2 is 2.05 bits per heavy atom. The van der Waals surface area contributed by atoms with E-state index in [4.69, 9.17) is 5.11 Å². The first kappa shape index (κ1) is 15.4. The Balaban J connectivity index is 2.41. The summed E-state index contributed by atoms with van der Waals surface area (Å²) in [6.07, 6.45) is 3.00. The zero-order chi connectivity index (χ0) is 14.3. The van der Waals surface area contributed by atoms with E-state index in [1.165, 1.54) is 12.1 Å². The predicted octanol–water partition coefficient (Wildman–Crippen LogP) is 2.77. The summed E-state index contributed by atoms with van der Waals surface area (Å²) in [4.78, 5) is 10.8. The fraction of sp³-hybridized carbons (Fsp3) is 0.400. The van der Waals surface area contributed by atoms with Gasteiger partial charge in [0.1, 0.15) is 5.82 Å². The summed E-state index contributed by atoms with van der Waals surface area (Å²) >= 11 is 0. The van der Waals surface area contributed by atoms with E-state index in [9.17, 15) is 9.18 Å². The molecule has 19 heavy (non-hydrogen) atoms. The normalized spacial score (nSPS) is 13.3. The SMILES string of the molecule is CC/C(=C/CNC(C)Cc1ccc(F)cc1)C(=O)O. The van der Waals surface area contributed by atoms with Crippen LogP contribution in [0.25, 0.3) is 0 Å². The summed E-state index contributed by atoms with van der Waals surface area (Å²) in [5.41, 5.74) is 1.47. The highest BCUT2D eigenvalue weighted by Gasteiger charge is 2.05. The highest BCUT2D eigenvalue weighted by molar-refractivity contribution is 5.86. The van der Waals surface area contributed by atoms with E-state index in [1.807, 2.05) is 13.8 Å². The molecule has 0 bridgehead atoms. The van der Waals surface area contributed by atoms with Crippen molar-refractivity contribution in [3.63, 3.8) is 0 Å². The van der Waals surface area contributed by atoms with Gasteiger partial charge in [0.15, 0.2) is 0 Å². The second-order valence-electron chi connectivity index (χ2n) is 4.53. The van der Waals surface area contributed by atoms with Crippen molar-refractivity contribution in [2.75, 3.05) is 6.54 Å². The molecule has 0 spiro atoms. The third-order valence-electron chi connectivity index (χ3n) is 2.93. The lowest BCUT2D eigenvalue weighted by Gasteiger charge is -2.12. The number of halogens is 1. The Hall–Kier alpha value is -1.68. The Labute approximate surface area is 113 Å². The number of hydrogen-bond acceptors (Lipinski definition) is 2. The summed E-state index contributed by atoms with van der Waals surface area (Å²) in [6, 6.07) is 6.62. The van der Waals surface area contributed by atoms with Gasteiger partial charge in [-0.1, -0.05) is 25.1 Å². The minimum absolute atomic E-state index is 0.202. The van der Waals surface area contributed by atoms with Crippen molar-refractivity contribution in [3.05, 3.63) is 47.3 Å². The van der Waals surface area contributed by atoms with E-state index < -0.39 is 5.97 Å². The molecule has 1 rings (SSSR count). The molecule has 0 aliphatic carbocycles. The summed E-state index contributed by atoms with van der Waals surface area (Å²) in [6.45, 7) is 4.36. The Kier molecular flexibility index (Phi) is 6.22. The van der Waals surface area contributed by atoms with E-state index in [0.717, 1.165) is 12.0 Å². The molecule has 0 aliphatic rings. The molecule has 1 unspecified atom stereocenters. The number of benzene rings is 1. The van der Waals surface area contributed by atoms with Crippen molar-refractivity contribution in [3.8, 4) is 0 Å². The Morgan fingerprint density at radius 3 is 2.58 bits per heavy atom. The third-order valence-corrected chi connectivity index (χ3v) is 2.93. The smallest absolute Gasteiger partial charge is 0.331 e. The molecule has 1 atom stereocenters. The maximum Gasteiger partial charge on any atom is 0.331 e. The van der Waals surface area contributed by atoms with Gasteiger partial charge in [-0.15, -0.1) is 0 Å². The second-order valence-corrected chi connectivity index (χ2v) is 4.53. The molecule has 1 aromatic rings. The van der Waals surface area contributed by atoms with E-state index in [-0.39, 0.29) is 11.9 Å². The van der Waals surface area contributed by atoms with Crippen LogP contribution in [-0.2, 0) is 11.2 Å². The second kappa shape index (κ2) is 7.69. The van der Waals surface area contributed by atoms with Crippen molar-refractivity contribution in [1.82, 2.24) is 5.32 Å². The lowest BCUT2D eigenvalue weighted by molar-refractivity contribution is -0.132. The molecule has 1 aromatic carbocycles. The van der Waals surface area contributed by atoms with Gasteiger partial charge in [-0.3, -0.25) is 0 Å². The summed E-state index contributed by atoms with van der Waals surface area (Å²) in [7, 11) is 0. The molecule has 0 radical (unpaired) electrons. The van der Waals surface area contributed by atoms with Crippen molar-refractivity contribution in [2.24, 2.45) is 0 Å². The average Bonchev–Trinajstić information content (AvgIpc) is 2.37. The average molecular weight is 265 g/mol. The molecule has 0 fully saturated rings.